The molecule has 1 aliphatic heterocycles. The molecule has 0 spiro atoms. The second-order valence-electron chi connectivity index (χ2n) is 3.79. The summed E-state index contributed by atoms with van der Waals surface area (Å²) in [4.78, 5) is 10.8. The molecule has 0 bridgehead atoms. The summed E-state index contributed by atoms with van der Waals surface area (Å²) in [6.07, 6.45) is 0. The normalized spacial score (nSPS) is 12.7. The van der Waals surface area contributed by atoms with Gasteiger partial charge in [-0.2, -0.15) is 5.10 Å². The van der Waals surface area contributed by atoms with Gasteiger partial charge in [-0.15, -0.1) is 0 Å². The van der Waals surface area contributed by atoms with Crippen molar-refractivity contribution in [1.29, 1.82) is 0 Å². The first kappa shape index (κ1) is 11.8. The van der Waals surface area contributed by atoms with Gasteiger partial charge in [-0.05, 0) is 22.0 Å². The topological polar surface area (TPSA) is 105 Å². The molecule has 0 aliphatic carbocycles. The first-order valence-electron chi connectivity index (χ1n) is 5.18. The molecule has 1 aromatic heterocycles. The summed E-state index contributed by atoms with van der Waals surface area (Å²) in [5.41, 5.74) is 0.464. The van der Waals surface area contributed by atoms with Crippen LogP contribution in [-0.4, -0.2) is 33.2 Å². The zero-order valence-corrected chi connectivity index (χ0v) is 10.9. The minimum atomic E-state index is -1.14. The number of carboxylic acid groups (broad SMARTS) is 1. The van der Waals surface area contributed by atoms with Gasteiger partial charge in [0, 0.05) is 6.07 Å². The average Bonchev–Trinajstić information content (AvgIpc) is 2.99. The van der Waals surface area contributed by atoms with Gasteiger partial charge in [-0.1, -0.05) is 0 Å². The zero-order chi connectivity index (χ0) is 13.6. The number of fused-ring (bicyclic) bond motifs is 1. The smallest absolute Gasteiger partial charge is 0.353 e. The van der Waals surface area contributed by atoms with Gasteiger partial charge >= 0.3 is 5.97 Å². The second kappa shape index (κ2) is 4.16. The van der Waals surface area contributed by atoms with E-state index >= 15 is 0 Å². The summed E-state index contributed by atoms with van der Waals surface area (Å²) in [6, 6.07) is 2.89. The summed E-state index contributed by atoms with van der Waals surface area (Å²) in [6.45, 7) is 0.0361. The lowest BCUT2D eigenvalue weighted by Crippen LogP contribution is -1.95. The summed E-state index contributed by atoms with van der Waals surface area (Å²) in [7, 11) is 0. The van der Waals surface area contributed by atoms with Gasteiger partial charge < -0.3 is 19.7 Å². The van der Waals surface area contributed by atoms with Crippen LogP contribution < -0.4 is 9.47 Å². The number of hydrogen-bond acceptors (Lipinski definition) is 5. The van der Waals surface area contributed by atoms with Crippen molar-refractivity contribution >= 4 is 21.9 Å². The molecule has 8 heteroatoms. The number of aromatic hydroxyl groups is 1. The number of carboxylic acids is 1. The largest absolute Gasteiger partial charge is 0.506 e. The van der Waals surface area contributed by atoms with Crippen LogP contribution in [0.25, 0.3) is 11.3 Å². The number of H-pyrrole nitrogens is 1. The Morgan fingerprint density at radius 2 is 2.21 bits per heavy atom. The molecule has 1 aliphatic rings. The molecular formula is C11H7BrN2O5. The highest BCUT2D eigenvalue weighted by Gasteiger charge is 2.26. The number of aromatic nitrogens is 2. The number of nitrogens with one attached hydrogen (secondary N) is 1. The van der Waals surface area contributed by atoms with Gasteiger partial charge in [0.1, 0.15) is 17.1 Å². The Labute approximate surface area is 114 Å². The highest BCUT2D eigenvalue weighted by Crippen LogP contribution is 2.49. The van der Waals surface area contributed by atoms with E-state index in [-0.39, 0.29) is 29.5 Å². The Morgan fingerprint density at radius 1 is 1.42 bits per heavy atom. The quantitative estimate of drug-likeness (QED) is 0.779. The highest BCUT2D eigenvalue weighted by atomic mass is 79.9. The molecular weight excluding hydrogens is 320 g/mol. The van der Waals surface area contributed by atoms with E-state index in [2.05, 4.69) is 26.1 Å². The third-order valence-electron chi connectivity index (χ3n) is 2.65. The lowest BCUT2D eigenvalue weighted by Gasteiger charge is -2.07. The van der Waals surface area contributed by atoms with Crippen molar-refractivity contribution < 1.29 is 24.5 Å². The van der Waals surface area contributed by atoms with Gasteiger partial charge in [0.05, 0.1) is 10.0 Å². The summed E-state index contributed by atoms with van der Waals surface area (Å²) in [5.74, 6) is -0.432. The number of phenols is 1. The van der Waals surface area contributed by atoms with Crippen molar-refractivity contribution in [1.82, 2.24) is 10.2 Å². The van der Waals surface area contributed by atoms with E-state index in [9.17, 15) is 9.90 Å². The lowest BCUT2D eigenvalue weighted by atomic mass is 10.1. The fourth-order valence-corrected chi connectivity index (χ4v) is 2.20. The Morgan fingerprint density at radius 3 is 2.89 bits per heavy atom. The van der Waals surface area contributed by atoms with Crippen LogP contribution in [0.15, 0.2) is 16.6 Å². The molecule has 2 aromatic rings. The van der Waals surface area contributed by atoms with E-state index in [1.807, 2.05) is 0 Å². The van der Waals surface area contributed by atoms with Crippen molar-refractivity contribution in [2.24, 2.45) is 0 Å². The van der Waals surface area contributed by atoms with Crippen LogP contribution in [0.5, 0.6) is 17.2 Å². The van der Waals surface area contributed by atoms with Crippen LogP contribution in [0.2, 0.25) is 0 Å². The molecule has 19 heavy (non-hydrogen) atoms. The minimum absolute atomic E-state index is 0.0361. The number of aromatic carboxylic acids is 1. The summed E-state index contributed by atoms with van der Waals surface area (Å²) < 4.78 is 10.9. The van der Waals surface area contributed by atoms with Gasteiger partial charge in [0.25, 0.3) is 0 Å². The molecule has 0 amide bonds. The SMILES string of the molecule is O=C(O)c1cc(-c2c(O)c(Br)cc3c2OCO3)n[nH]1. The number of rotatable bonds is 2. The minimum Gasteiger partial charge on any atom is -0.506 e. The first-order valence-corrected chi connectivity index (χ1v) is 5.97. The predicted octanol–water partition coefficient (Wildman–Crippen LogP) is 1.97. The molecule has 1 aromatic carbocycles. The van der Waals surface area contributed by atoms with E-state index in [1.165, 1.54) is 6.07 Å². The van der Waals surface area contributed by atoms with Crippen molar-refractivity contribution in [3.63, 3.8) is 0 Å². The third-order valence-corrected chi connectivity index (χ3v) is 3.26. The maximum absolute atomic E-state index is 10.8. The zero-order valence-electron chi connectivity index (χ0n) is 9.31. The predicted molar refractivity (Wildman–Crippen MR) is 66.5 cm³/mol. The number of aromatic amines is 1. The van der Waals surface area contributed by atoms with Gasteiger partial charge in [-0.3, -0.25) is 5.10 Å². The molecule has 3 N–H and O–H groups in total. The van der Waals surface area contributed by atoms with E-state index in [0.717, 1.165) is 0 Å². The first-order chi connectivity index (χ1) is 9.08. The maximum atomic E-state index is 10.8. The fourth-order valence-electron chi connectivity index (χ4n) is 1.80. The molecule has 0 fully saturated rings. The third kappa shape index (κ3) is 1.80. The standard InChI is InChI=1S/C11H7BrN2O5/c12-4-1-7-10(19-3-18-7)8(9(4)15)5-2-6(11(16)17)14-13-5/h1-2,15H,3H2,(H,13,14)(H,16,17). The Bertz CT molecular complexity index is 682. The molecule has 0 unspecified atom stereocenters. The van der Waals surface area contributed by atoms with Crippen LogP contribution >= 0.6 is 15.9 Å². The number of nitrogens with zero attached hydrogens (tertiary/aromatic N) is 1. The molecule has 0 saturated heterocycles. The van der Waals surface area contributed by atoms with Gasteiger partial charge in [0.2, 0.25) is 6.79 Å². The lowest BCUT2D eigenvalue weighted by molar-refractivity contribution is 0.0690. The Hall–Kier alpha value is -2.22. The van der Waals surface area contributed by atoms with E-state index < -0.39 is 5.97 Å². The average molecular weight is 327 g/mol. The van der Waals surface area contributed by atoms with Crippen molar-refractivity contribution in [3.05, 3.63) is 22.3 Å². The number of phenolic OH excluding ortho intramolecular Hbond substituents is 1. The maximum Gasteiger partial charge on any atom is 0.353 e. The van der Waals surface area contributed by atoms with Crippen LogP contribution in [0.3, 0.4) is 0 Å². The number of carbonyl (C=O) groups is 1. The molecule has 2 heterocycles. The number of benzene rings is 1. The fraction of sp³-hybridized carbons (Fsp3) is 0.0909. The van der Waals surface area contributed by atoms with Crippen molar-refractivity contribution in [2.45, 2.75) is 0 Å². The van der Waals surface area contributed by atoms with Gasteiger partial charge in [0.15, 0.2) is 11.5 Å². The number of ether oxygens (including phenoxy) is 2. The molecule has 0 radical (unpaired) electrons. The van der Waals surface area contributed by atoms with Crippen molar-refractivity contribution in [3.8, 4) is 28.5 Å². The number of hydrogen-bond donors (Lipinski definition) is 3. The highest BCUT2D eigenvalue weighted by molar-refractivity contribution is 9.10. The van der Waals surface area contributed by atoms with E-state index in [4.69, 9.17) is 14.6 Å². The number of halogens is 1. The van der Waals surface area contributed by atoms with Crippen LogP contribution in [-0.2, 0) is 0 Å². The summed E-state index contributed by atoms with van der Waals surface area (Å²) >= 11 is 3.19. The molecule has 3 rings (SSSR count). The van der Waals surface area contributed by atoms with Gasteiger partial charge in [-0.25, -0.2) is 4.79 Å². The van der Waals surface area contributed by atoms with E-state index in [1.54, 1.807) is 6.07 Å². The second-order valence-corrected chi connectivity index (χ2v) is 4.64. The van der Waals surface area contributed by atoms with Crippen LogP contribution in [0, 0.1) is 0 Å². The Kier molecular flexibility index (Phi) is 2.59. The monoisotopic (exact) mass is 326 g/mol. The summed E-state index contributed by atoms with van der Waals surface area (Å²) in [5, 5.41) is 25.2. The molecule has 0 atom stereocenters. The molecule has 0 saturated carbocycles. The Balaban J connectivity index is 2.21. The van der Waals surface area contributed by atoms with Crippen LogP contribution in [0.1, 0.15) is 10.5 Å². The molecule has 98 valence electrons. The van der Waals surface area contributed by atoms with Crippen LogP contribution in [0.4, 0.5) is 0 Å². The molecule has 7 nitrogen and oxygen atoms in total. The van der Waals surface area contributed by atoms with E-state index in [0.29, 0.717) is 16.0 Å². The van der Waals surface area contributed by atoms with Crippen molar-refractivity contribution in [2.75, 3.05) is 6.79 Å².